The lowest BCUT2D eigenvalue weighted by atomic mass is 9.87. The van der Waals surface area contributed by atoms with E-state index in [1.807, 2.05) is 0 Å². The van der Waals surface area contributed by atoms with Crippen LogP contribution in [-0.2, 0) is 0 Å². The van der Waals surface area contributed by atoms with Crippen LogP contribution in [0.15, 0.2) is 18.2 Å². The van der Waals surface area contributed by atoms with Crippen molar-refractivity contribution in [3.05, 3.63) is 28.8 Å². The summed E-state index contributed by atoms with van der Waals surface area (Å²) >= 11 is 5.82. The van der Waals surface area contributed by atoms with E-state index in [0.717, 1.165) is 12.8 Å². The molecule has 1 saturated carbocycles. The fourth-order valence-corrected chi connectivity index (χ4v) is 2.75. The Labute approximate surface area is 113 Å². The fourth-order valence-electron chi connectivity index (χ4n) is 2.57. The van der Waals surface area contributed by atoms with Crippen LogP contribution in [0.3, 0.4) is 0 Å². The zero-order valence-corrected chi connectivity index (χ0v) is 11.3. The maximum atomic E-state index is 12.1. The number of nitrogens with one attached hydrogen (secondary N) is 1. The van der Waals surface area contributed by atoms with E-state index >= 15 is 0 Å². The summed E-state index contributed by atoms with van der Waals surface area (Å²) in [6, 6.07) is 5.26. The quantitative estimate of drug-likeness (QED) is 0.808. The van der Waals surface area contributed by atoms with Crippen molar-refractivity contribution >= 4 is 23.2 Å². The lowest BCUT2D eigenvalue weighted by Crippen LogP contribution is -2.38. The van der Waals surface area contributed by atoms with Crippen molar-refractivity contribution in [2.45, 2.75) is 38.6 Å². The van der Waals surface area contributed by atoms with Crippen molar-refractivity contribution in [3.63, 3.8) is 0 Å². The van der Waals surface area contributed by atoms with Crippen molar-refractivity contribution in [3.8, 4) is 0 Å². The summed E-state index contributed by atoms with van der Waals surface area (Å²) in [6.07, 6.45) is 4.56. The van der Waals surface area contributed by atoms with Gasteiger partial charge in [-0.25, -0.2) is 0 Å². The second kappa shape index (κ2) is 5.61. The van der Waals surface area contributed by atoms with Gasteiger partial charge in [0.15, 0.2) is 0 Å². The molecule has 1 amide bonds. The Morgan fingerprint density at radius 1 is 1.44 bits per heavy atom. The molecule has 0 bridgehead atoms. The molecule has 1 aliphatic rings. The number of nitrogen functional groups attached to an aromatic ring is 1. The maximum absolute atomic E-state index is 12.1. The zero-order valence-electron chi connectivity index (χ0n) is 10.6. The number of amides is 1. The fraction of sp³-hybridized carbons (Fsp3) is 0.500. The van der Waals surface area contributed by atoms with Crippen LogP contribution in [0.2, 0.25) is 5.02 Å². The number of carbonyl (C=O) groups is 1. The number of hydrogen-bond acceptors (Lipinski definition) is 2. The third-order valence-corrected chi connectivity index (χ3v) is 3.76. The molecule has 98 valence electrons. The molecule has 0 aliphatic heterocycles. The Morgan fingerprint density at radius 3 is 2.89 bits per heavy atom. The minimum atomic E-state index is -0.0942. The van der Waals surface area contributed by atoms with E-state index in [2.05, 4.69) is 12.2 Å². The number of benzene rings is 1. The molecule has 0 spiro atoms. The molecule has 0 saturated heterocycles. The summed E-state index contributed by atoms with van der Waals surface area (Å²) < 4.78 is 0. The minimum absolute atomic E-state index is 0.0942. The highest BCUT2D eigenvalue weighted by Crippen LogP contribution is 2.24. The summed E-state index contributed by atoms with van der Waals surface area (Å²) in [5.74, 6) is 0.592. The number of carbonyl (C=O) groups excluding carboxylic acids is 1. The number of nitrogens with two attached hydrogens (primary N) is 1. The molecule has 2 atom stereocenters. The lowest BCUT2D eigenvalue weighted by molar-refractivity contribution is 0.0922. The van der Waals surface area contributed by atoms with Crippen LogP contribution in [0, 0.1) is 5.92 Å². The van der Waals surface area contributed by atoms with E-state index in [0.29, 0.717) is 22.2 Å². The average Bonchev–Trinajstić information content (AvgIpc) is 2.28. The topological polar surface area (TPSA) is 55.1 Å². The van der Waals surface area contributed by atoms with Crippen LogP contribution in [0.1, 0.15) is 43.0 Å². The second-order valence-corrected chi connectivity index (χ2v) is 5.61. The molecule has 2 rings (SSSR count). The van der Waals surface area contributed by atoms with Crippen LogP contribution in [0.5, 0.6) is 0 Å². The van der Waals surface area contributed by atoms with E-state index in [1.165, 1.54) is 12.8 Å². The molecular weight excluding hydrogens is 248 g/mol. The zero-order chi connectivity index (χ0) is 13.1. The van der Waals surface area contributed by atoms with Crippen LogP contribution < -0.4 is 11.1 Å². The van der Waals surface area contributed by atoms with Crippen molar-refractivity contribution in [2.24, 2.45) is 5.92 Å². The SMILES string of the molecule is C[C@H]1CCC[C@@H](NC(=O)c2ccc(Cl)cc2N)C1. The van der Waals surface area contributed by atoms with Gasteiger partial charge in [-0.05, 0) is 37.0 Å². The first-order chi connectivity index (χ1) is 8.56. The van der Waals surface area contributed by atoms with Gasteiger partial charge in [0.05, 0.1) is 5.56 Å². The molecule has 18 heavy (non-hydrogen) atoms. The Morgan fingerprint density at radius 2 is 2.22 bits per heavy atom. The summed E-state index contributed by atoms with van der Waals surface area (Å²) in [5.41, 5.74) is 6.76. The van der Waals surface area contributed by atoms with Gasteiger partial charge in [0.25, 0.3) is 5.91 Å². The van der Waals surface area contributed by atoms with Gasteiger partial charge in [0, 0.05) is 16.8 Å². The van der Waals surface area contributed by atoms with Crippen LogP contribution in [0.4, 0.5) is 5.69 Å². The Balaban J connectivity index is 2.03. The summed E-state index contributed by atoms with van der Waals surface area (Å²) in [5, 5.41) is 3.62. The molecule has 3 nitrogen and oxygen atoms in total. The smallest absolute Gasteiger partial charge is 0.253 e. The Bertz CT molecular complexity index is 447. The van der Waals surface area contributed by atoms with Gasteiger partial charge >= 0.3 is 0 Å². The number of anilines is 1. The number of halogens is 1. The monoisotopic (exact) mass is 266 g/mol. The maximum Gasteiger partial charge on any atom is 0.253 e. The highest BCUT2D eigenvalue weighted by molar-refractivity contribution is 6.31. The molecule has 4 heteroatoms. The van der Waals surface area contributed by atoms with Gasteiger partial charge in [-0.15, -0.1) is 0 Å². The molecular formula is C14H19ClN2O. The summed E-state index contributed by atoms with van der Waals surface area (Å²) in [4.78, 5) is 12.1. The van der Waals surface area contributed by atoms with Gasteiger partial charge in [-0.3, -0.25) is 4.79 Å². The first kappa shape index (κ1) is 13.2. The van der Waals surface area contributed by atoms with E-state index in [4.69, 9.17) is 17.3 Å². The highest BCUT2D eigenvalue weighted by atomic mass is 35.5. The average molecular weight is 267 g/mol. The largest absolute Gasteiger partial charge is 0.398 e. The summed E-state index contributed by atoms with van der Waals surface area (Å²) in [7, 11) is 0. The standard InChI is InChI=1S/C14H19ClN2O/c1-9-3-2-4-11(7-9)17-14(18)12-6-5-10(15)8-13(12)16/h5-6,8-9,11H,2-4,7,16H2,1H3,(H,17,18)/t9-,11+/m0/s1. The molecule has 0 aromatic heterocycles. The van der Waals surface area contributed by atoms with Crippen molar-refractivity contribution in [2.75, 3.05) is 5.73 Å². The Kier molecular flexibility index (Phi) is 4.12. The van der Waals surface area contributed by atoms with E-state index in [-0.39, 0.29) is 11.9 Å². The van der Waals surface area contributed by atoms with Gasteiger partial charge in [-0.1, -0.05) is 31.4 Å². The minimum Gasteiger partial charge on any atom is -0.398 e. The van der Waals surface area contributed by atoms with Gasteiger partial charge in [0.2, 0.25) is 0 Å². The van der Waals surface area contributed by atoms with E-state index < -0.39 is 0 Å². The van der Waals surface area contributed by atoms with Crippen molar-refractivity contribution in [1.82, 2.24) is 5.32 Å². The van der Waals surface area contributed by atoms with Gasteiger partial charge in [0.1, 0.15) is 0 Å². The molecule has 1 fully saturated rings. The lowest BCUT2D eigenvalue weighted by Gasteiger charge is -2.27. The van der Waals surface area contributed by atoms with Crippen LogP contribution in [-0.4, -0.2) is 11.9 Å². The van der Waals surface area contributed by atoms with Gasteiger partial charge < -0.3 is 11.1 Å². The number of rotatable bonds is 2. The predicted octanol–water partition coefficient (Wildman–Crippen LogP) is 3.23. The molecule has 3 N–H and O–H groups in total. The van der Waals surface area contributed by atoms with Crippen LogP contribution in [0.25, 0.3) is 0 Å². The van der Waals surface area contributed by atoms with Crippen molar-refractivity contribution < 1.29 is 4.79 Å². The van der Waals surface area contributed by atoms with Gasteiger partial charge in [-0.2, -0.15) is 0 Å². The third kappa shape index (κ3) is 3.16. The molecule has 1 aliphatic carbocycles. The second-order valence-electron chi connectivity index (χ2n) is 5.17. The molecule has 1 aromatic rings. The Hall–Kier alpha value is -1.22. The predicted molar refractivity (Wildman–Crippen MR) is 74.8 cm³/mol. The van der Waals surface area contributed by atoms with E-state index in [1.54, 1.807) is 18.2 Å². The summed E-state index contributed by atoms with van der Waals surface area (Å²) in [6.45, 7) is 2.23. The first-order valence-corrected chi connectivity index (χ1v) is 6.80. The molecule has 0 unspecified atom stereocenters. The molecule has 0 radical (unpaired) electrons. The third-order valence-electron chi connectivity index (χ3n) is 3.53. The normalized spacial score (nSPS) is 23.7. The van der Waals surface area contributed by atoms with Crippen LogP contribution >= 0.6 is 11.6 Å². The highest BCUT2D eigenvalue weighted by Gasteiger charge is 2.21. The van der Waals surface area contributed by atoms with E-state index in [9.17, 15) is 4.79 Å². The molecule has 1 aromatic carbocycles. The molecule has 0 heterocycles. The number of hydrogen-bond donors (Lipinski definition) is 2. The first-order valence-electron chi connectivity index (χ1n) is 6.42. The van der Waals surface area contributed by atoms with Crippen molar-refractivity contribution in [1.29, 1.82) is 0 Å².